The molecule has 0 fully saturated rings. The molecule has 0 aliphatic rings. The van der Waals surface area contributed by atoms with Crippen molar-refractivity contribution in [3.8, 4) is 0 Å². The van der Waals surface area contributed by atoms with Crippen LogP contribution in [0.15, 0.2) is 53.4 Å². The van der Waals surface area contributed by atoms with Gasteiger partial charge in [0, 0.05) is 10.5 Å². The van der Waals surface area contributed by atoms with Gasteiger partial charge < -0.3 is 5.11 Å². The number of thiol groups is 1. The van der Waals surface area contributed by atoms with E-state index in [0.717, 1.165) is 0 Å². The predicted octanol–water partition coefficient (Wildman–Crippen LogP) is 3.76. The van der Waals surface area contributed by atoms with E-state index in [-0.39, 0.29) is 10.5 Å². The molecule has 0 aliphatic heterocycles. The maximum atomic E-state index is 14.1. The molecular weight excluding hydrogens is 247 g/mol. The zero-order chi connectivity index (χ0) is 13.2. The lowest BCUT2D eigenvalue weighted by molar-refractivity contribution is 0.0720. The largest absolute Gasteiger partial charge is 0.380 e. The van der Waals surface area contributed by atoms with Crippen LogP contribution in [0.5, 0.6) is 0 Å². The summed E-state index contributed by atoms with van der Waals surface area (Å²) in [6.07, 6.45) is 0.394. The highest BCUT2D eigenvalue weighted by molar-refractivity contribution is 7.80. The molecule has 1 nitrogen and oxygen atoms in total. The second-order valence-electron chi connectivity index (χ2n) is 4.22. The van der Waals surface area contributed by atoms with Crippen molar-refractivity contribution in [2.75, 3.05) is 0 Å². The van der Waals surface area contributed by atoms with Gasteiger partial charge in [0.05, 0.1) is 0 Å². The van der Waals surface area contributed by atoms with E-state index in [2.05, 4.69) is 12.6 Å². The second-order valence-corrected chi connectivity index (χ2v) is 4.70. The lowest BCUT2D eigenvalue weighted by Crippen LogP contribution is -2.27. The highest BCUT2D eigenvalue weighted by Gasteiger charge is 2.32. The van der Waals surface area contributed by atoms with Gasteiger partial charge in [-0.2, -0.15) is 0 Å². The van der Waals surface area contributed by atoms with Crippen LogP contribution in [0.4, 0.5) is 4.39 Å². The van der Waals surface area contributed by atoms with Crippen LogP contribution >= 0.6 is 12.6 Å². The van der Waals surface area contributed by atoms with Crippen LogP contribution in [0.2, 0.25) is 0 Å². The second kappa shape index (κ2) is 5.12. The molecular formula is C15H15FOS. The molecule has 3 heteroatoms. The Morgan fingerprint density at radius 3 is 2.39 bits per heavy atom. The van der Waals surface area contributed by atoms with E-state index in [0.29, 0.717) is 12.0 Å². The topological polar surface area (TPSA) is 20.2 Å². The fourth-order valence-corrected chi connectivity index (χ4v) is 2.31. The van der Waals surface area contributed by atoms with Gasteiger partial charge in [-0.05, 0) is 18.1 Å². The van der Waals surface area contributed by atoms with Crippen molar-refractivity contribution in [1.82, 2.24) is 0 Å². The molecule has 0 saturated carbocycles. The molecule has 2 aromatic carbocycles. The van der Waals surface area contributed by atoms with Gasteiger partial charge in [-0.3, -0.25) is 0 Å². The molecule has 0 radical (unpaired) electrons. The summed E-state index contributed by atoms with van der Waals surface area (Å²) in [4.78, 5) is 0.246. The summed E-state index contributed by atoms with van der Waals surface area (Å²) in [5, 5.41) is 10.8. The van der Waals surface area contributed by atoms with Crippen molar-refractivity contribution in [1.29, 1.82) is 0 Å². The summed E-state index contributed by atoms with van der Waals surface area (Å²) in [5.41, 5.74) is -0.363. The quantitative estimate of drug-likeness (QED) is 0.807. The van der Waals surface area contributed by atoms with E-state index in [1.807, 2.05) is 25.1 Å². The van der Waals surface area contributed by atoms with Gasteiger partial charge in [0.1, 0.15) is 11.4 Å². The maximum Gasteiger partial charge on any atom is 0.142 e. The Morgan fingerprint density at radius 2 is 1.78 bits per heavy atom. The highest BCUT2D eigenvalue weighted by atomic mass is 32.1. The normalized spacial score (nSPS) is 14.2. The van der Waals surface area contributed by atoms with Crippen molar-refractivity contribution >= 4 is 12.6 Å². The number of hydrogen-bond acceptors (Lipinski definition) is 2. The lowest BCUT2D eigenvalue weighted by atomic mass is 9.84. The van der Waals surface area contributed by atoms with Gasteiger partial charge in [0.2, 0.25) is 0 Å². The average Bonchev–Trinajstić information content (AvgIpc) is 2.42. The van der Waals surface area contributed by atoms with E-state index in [1.165, 1.54) is 0 Å². The van der Waals surface area contributed by atoms with E-state index >= 15 is 0 Å². The van der Waals surface area contributed by atoms with Crippen LogP contribution in [0, 0.1) is 5.82 Å². The molecule has 1 N–H and O–H groups in total. The number of halogens is 1. The van der Waals surface area contributed by atoms with Crippen molar-refractivity contribution in [3.63, 3.8) is 0 Å². The monoisotopic (exact) mass is 262 g/mol. The zero-order valence-electron chi connectivity index (χ0n) is 10.1. The molecule has 0 spiro atoms. The van der Waals surface area contributed by atoms with Crippen molar-refractivity contribution < 1.29 is 9.50 Å². The van der Waals surface area contributed by atoms with Crippen LogP contribution in [0.25, 0.3) is 0 Å². The molecule has 0 heterocycles. The average molecular weight is 262 g/mol. The molecule has 0 saturated heterocycles. The summed E-state index contributed by atoms with van der Waals surface area (Å²) in [6.45, 7) is 1.83. The first-order chi connectivity index (χ1) is 8.59. The Hall–Kier alpha value is -1.32. The van der Waals surface area contributed by atoms with Crippen molar-refractivity contribution in [2.24, 2.45) is 0 Å². The van der Waals surface area contributed by atoms with Crippen LogP contribution in [0.3, 0.4) is 0 Å². The van der Waals surface area contributed by atoms with Gasteiger partial charge in [0.25, 0.3) is 0 Å². The van der Waals surface area contributed by atoms with Crippen molar-refractivity contribution in [2.45, 2.75) is 23.8 Å². The molecule has 2 aromatic rings. The molecule has 18 heavy (non-hydrogen) atoms. The predicted molar refractivity (Wildman–Crippen MR) is 73.4 cm³/mol. The summed E-state index contributed by atoms with van der Waals surface area (Å²) >= 11 is 4.06. The van der Waals surface area contributed by atoms with Crippen LogP contribution in [-0.4, -0.2) is 5.11 Å². The Morgan fingerprint density at radius 1 is 1.11 bits per heavy atom. The fourth-order valence-electron chi connectivity index (χ4n) is 2.10. The number of aliphatic hydroxyl groups is 1. The first-order valence-electron chi connectivity index (χ1n) is 5.85. The van der Waals surface area contributed by atoms with Gasteiger partial charge in [-0.25, -0.2) is 4.39 Å². The summed E-state index contributed by atoms with van der Waals surface area (Å²) in [7, 11) is 0. The molecule has 0 bridgehead atoms. The minimum absolute atomic E-state index is 0.246. The zero-order valence-corrected chi connectivity index (χ0v) is 11.0. The Kier molecular flexibility index (Phi) is 3.73. The standard InChI is InChI=1S/C15H15FOS/c1-2-15(17,11-7-4-3-5-8-11)12-9-6-10-13(18)14(12)16/h3-10,17-18H,2H2,1H3. The maximum absolute atomic E-state index is 14.1. The van der Waals surface area contributed by atoms with Gasteiger partial charge in [0.15, 0.2) is 0 Å². The smallest absolute Gasteiger partial charge is 0.142 e. The summed E-state index contributed by atoms with van der Waals surface area (Å²) in [5.74, 6) is -0.464. The number of rotatable bonds is 3. The number of benzene rings is 2. The van der Waals surface area contributed by atoms with Gasteiger partial charge >= 0.3 is 0 Å². The van der Waals surface area contributed by atoms with Gasteiger partial charge in [-0.15, -0.1) is 12.6 Å². The fraction of sp³-hybridized carbons (Fsp3) is 0.200. The Labute approximate surface area is 112 Å². The molecule has 0 amide bonds. The molecule has 1 unspecified atom stereocenters. The third-order valence-electron chi connectivity index (χ3n) is 3.19. The minimum atomic E-state index is -1.32. The summed E-state index contributed by atoms with van der Waals surface area (Å²) < 4.78 is 14.1. The molecule has 94 valence electrons. The Bertz CT molecular complexity index is 541. The third-order valence-corrected chi connectivity index (χ3v) is 3.53. The van der Waals surface area contributed by atoms with Crippen LogP contribution in [-0.2, 0) is 5.60 Å². The van der Waals surface area contributed by atoms with E-state index in [4.69, 9.17) is 0 Å². The SMILES string of the molecule is CCC(O)(c1ccccc1)c1cccc(S)c1F. The van der Waals surface area contributed by atoms with E-state index < -0.39 is 11.4 Å². The summed E-state index contributed by atoms with van der Waals surface area (Å²) in [6, 6.07) is 14.0. The minimum Gasteiger partial charge on any atom is -0.380 e. The Balaban J connectivity index is 2.61. The molecule has 0 aliphatic carbocycles. The van der Waals surface area contributed by atoms with Gasteiger partial charge in [-0.1, -0.05) is 49.4 Å². The van der Waals surface area contributed by atoms with Crippen LogP contribution < -0.4 is 0 Å². The highest BCUT2D eigenvalue weighted by Crippen LogP contribution is 2.35. The van der Waals surface area contributed by atoms with Crippen LogP contribution in [0.1, 0.15) is 24.5 Å². The first kappa shape index (κ1) is 13.1. The molecule has 2 rings (SSSR count). The van der Waals surface area contributed by atoms with E-state index in [1.54, 1.807) is 30.3 Å². The molecule has 1 atom stereocenters. The number of hydrogen-bond donors (Lipinski definition) is 2. The molecule has 0 aromatic heterocycles. The third kappa shape index (κ3) is 2.16. The lowest BCUT2D eigenvalue weighted by Gasteiger charge is -2.28. The first-order valence-corrected chi connectivity index (χ1v) is 6.30. The van der Waals surface area contributed by atoms with E-state index in [9.17, 15) is 9.50 Å². The van der Waals surface area contributed by atoms with Crippen molar-refractivity contribution in [3.05, 3.63) is 65.5 Å².